The van der Waals surface area contributed by atoms with Gasteiger partial charge in [0.1, 0.15) is 0 Å². The van der Waals surface area contributed by atoms with Crippen molar-refractivity contribution >= 4 is 28.3 Å². The second kappa shape index (κ2) is 10.1. The van der Waals surface area contributed by atoms with E-state index in [0.29, 0.717) is 4.90 Å². The number of rotatable bonds is 6. The predicted molar refractivity (Wildman–Crippen MR) is 116 cm³/mol. The topological polar surface area (TPSA) is 101 Å². The summed E-state index contributed by atoms with van der Waals surface area (Å²) in [5.41, 5.74) is 10.5. The van der Waals surface area contributed by atoms with Gasteiger partial charge in [-0.15, -0.1) is 12.4 Å². The maximum absolute atomic E-state index is 12.8. The highest BCUT2D eigenvalue weighted by molar-refractivity contribution is 7.89. The molecule has 0 bridgehead atoms. The number of nitrogens with one attached hydrogen (secondary N) is 2. The molecule has 0 spiro atoms. The van der Waals surface area contributed by atoms with Gasteiger partial charge in [0.2, 0.25) is 15.9 Å². The monoisotopic (exact) mass is 431 g/mol. The van der Waals surface area contributed by atoms with Crippen molar-refractivity contribution in [2.24, 2.45) is 5.73 Å². The fourth-order valence-corrected chi connectivity index (χ4v) is 5.43. The Balaban J connectivity index is 0.00000392. The summed E-state index contributed by atoms with van der Waals surface area (Å²) < 4.78 is 28.3. The van der Waals surface area contributed by atoms with Gasteiger partial charge in [-0.05, 0) is 88.1 Å². The molecule has 1 fully saturated rings. The van der Waals surface area contributed by atoms with Crippen molar-refractivity contribution in [2.45, 2.75) is 83.7 Å². The van der Waals surface area contributed by atoms with Gasteiger partial charge in [-0.25, -0.2) is 13.1 Å². The summed E-state index contributed by atoms with van der Waals surface area (Å²) in [5.74, 6) is -0.122. The fourth-order valence-electron chi connectivity index (χ4n) is 3.80. The zero-order chi connectivity index (χ0) is 20.4. The lowest BCUT2D eigenvalue weighted by Gasteiger charge is -2.26. The Morgan fingerprint density at radius 1 is 0.929 bits per heavy atom. The maximum Gasteiger partial charge on any atom is 0.241 e. The normalized spacial score (nSPS) is 19.8. The fraction of sp³-hybridized carbons (Fsp3) is 0.650. The molecule has 0 radical (unpaired) electrons. The molecule has 0 atom stereocenters. The first-order valence-electron chi connectivity index (χ1n) is 9.66. The Bertz CT molecular complexity index is 787. The van der Waals surface area contributed by atoms with Crippen molar-refractivity contribution in [3.8, 4) is 0 Å². The van der Waals surface area contributed by atoms with Crippen LogP contribution in [0.5, 0.6) is 0 Å². The first-order chi connectivity index (χ1) is 12.5. The molecule has 6 nitrogen and oxygen atoms in total. The average Bonchev–Trinajstić information content (AvgIpc) is 2.60. The van der Waals surface area contributed by atoms with E-state index in [9.17, 15) is 13.2 Å². The standard InChI is InChI=1S/C20H33N3O3S.ClH/c1-12-13(2)15(4)20(16(5)14(12)3)27(25,26)22-11-10-19(24)23-18-8-6-17(21)7-9-18;/h17-18,22H,6-11,21H2,1-5H3,(H,23,24);1H. The van der Waals surface area contributed by atoms with Crippen molar-refractivity contribution in [3.63, 3.8) is 0 Å². The third-order valence-corrected chi connectivity index (χ3v) is 7.72. The van der Waals surface area contributed by atoms with Gasteiger partial charge in [-0.3, -0.25) is 4.79 Å². The minimum atomic E-state index is -3.67. The molecule has 28 heavy (non-hydrogen) atoms. The Labute approximate surface area is 175 Å². The highest BCUT2D eigenvalue weighted by atomic mass is 35.5. The van der Waals surface area contributed by atoms with Crippen LogP contribution in [0.4, 0.5) is 0 Å². The van der Waals surface area contributed by atoms with E-state index in [1.54, 1.807) is 0 Å². The summed E-state index contributed by atoms with van der Waals surface area (Å²) in [6.07, 6.45) is 3.74. The van der Waals surface area contributed by atoms with Crippen LogP contribution in [0.25, 0.3) is 0 Å². The molecule has 0 saturated heterocycles. The van der Waals surface area contributed by atoms with Crippen molar-refractivity contribution in [3.05, 3.63) is 27.8 Å². The van der Waals surface area contributed by atoms with Gasteiger partial charge in [-0.2, -0.15) is 0 Å². The number of nitrogens with two attached hydrogens (primary N) is 1. The van der Waals surface area contributed by atoms with E-state index in [1.165, 1.54) is 0 Å². The third-order valence-electron chi connectivity index (χ3n) is 5.98. The molecule has 0 heterocycles. The van der Waals surface area contributed by atoms with Crippen LogP contribution in [0.1, 0.15) is 59.9 Å². The molecule has 1 aliphatic rings. The Morgan fingerprint density at radius 3 is 1.89 bits per heavy atom. The zero-order valence-corrected chi connectivity index (χ0v) is 19.1. The molecule has 1 aliphatic carbocycles. The minimum absolute atomic E-state index is 0. The van der Waals surface area contributed by atoms with Crippen molar-refractivity contribution in [1.82, 2.24) is 10.0 Å². The highest BCUT2D eigenvalue weighted by Gasteiger charge is 2.24. The van der Waals surface area contributed by atoms with Crippen LogP contribution in [0.2, 0.25) is 0 Å². The number of hydrogen-bond donors (Lipinski definition) is 3. The highest BCUT2D eigenvalue weighted by Crippen LogP contribution is 2.29. The van der Waals surface area contributed by atoms with E-state index in [1.807, 2.05) is 34.6 Å². The maximum atomic E-state index is 12.8. The molecule has 1 saturated carbocycles. The first-order valence-corrected chi connectivity index (χ1v) is 11.1. The molecule has 2 rings (SSSR count). The molecule has 0 unspecified atom stereocenters. The number of hydrogen-bond acceptors (Lipinski definition) is 4. The van der Waals surface area contributed by atoms with Crippen LogP contribution in [0, 0.1) is 34.6 Å². The van der Waals surface area contributed by atoms with Crippen LogP contribution in [0.15, 0.2) is 4.90 Å². The van der Waals surface area contributed by atoms with Gasteiger partial charge in [0.15, 0.2) is 0 Å². The molecule has 8 heteroatoms. The van der Waals surface area contributed by atoms with Gasteiger partial charge in [0.25, 0.3) is 0 Å². The van der Waals surface area contributed by atoms with E-state index in [2.05, 4.69) is 10.0 Å². The summed E-state index contributed by atoms with van der Waals surface area (Å²) in [4.78, 5) is 12.5. The van der Waals surface area contributed by atoms with Crippen LogP contribution in [0.3, 0.4) is 0 Å². The zero-order valence-electron chi connectivity index (χ0n) is 17.5. The number of sulfonamides is 1. The summed E-state index contributed by atoms with van der Waals surface area (Å²) in [6.45, 7) is 9.66. The van der Waals surface area contributed by atoms with Crippen molar-refractivity contribution in [1.29, 1.82) is 0 Å². The van der Waals surface area contributed by atoms with E-state index < -0.39 is 10.0 Å². The van der Waals surface area contributed by atoms with Crippen LogP contribution < -0.4 is 15.8 Å². The van der Waals surface area contributed by atoms with E-state index in [-0.39, 0.29) is 43.4 Å². The third kappa shape index (κ3) is 5.69. The molecular weight excluding hydrogens is 398 g/mol. The minimum Gasteiger partial charge on any atom is -0.353 e. The first kappa shape index (κ1) is 24.9. The van der Waals surface area contributed by atoms with Crippen molar-refractivity contribution in [2.75, 3.05) is 6.54 Å². The Kier molecular flexibility index (Phi) is 8.93. The number of halogens is 1. The van der Waals surface area contributed by atoms with Gasteiger partial charge in [-0.1, -0.05) is 0 Å². The number of carbonyl (C=O) groups is 1. The lowest BCUT2D eigenvalue weighted by Crippen LogP contribution is -2.41. The second-order valence-electron chi connectivity index (χ2n) is 7.78. The molecular formula is C20H34ClN3O3S. The Hall–Kier alpha value is -1.15. The lowest BCUT2D eigenvalue weighted by atomic mass is 9.92. The molecule has 160 valence electrons. The summed E-state index contributed by atoms with van der Waals surface area (Å²) >= 11 is 0. The second-order valence-corrected chi connectivity index (χ2v) is 9.48. The summed E-state index contributed by atoms with van der Waals surface area (Å²) in [7, 11) is -3.67. The van der Waals surface area contributed by atoms with E-state index in [4.69, 9.17) is 5.73 Å². The number of amides is 1. The molecule has 1 amide bonds. The molecule has 0 aromatic heterocycles. The SMILES string of the molecule is Cc1c(C)c(C)c(S(=O)(=O)NCCC(=O)NC2CCC(N)CC2)c(C)c1C.Cl. The summed E-state index contributed by atoms with van der Waals surface area (Å²) in [5, 5.41) is 2.98. The number of benzene rings is 1. The molecule has 1 aromatic carbocycles. The number of carbonyl (C=O) groups excluding carboxylic acids is 1. The van der Waals surface area contributed by atoms with Crippen LogP contribution in [-0.2, 0) is 14.8 Å². The van der Waals surface area contributed by atoms with Gasteiger partial charge >= 0.3 is 0 Å². The Morgan fingerprint density at radius 2 is 1.39 bits per heavy atom. The largest absolute Gasteiger partial charge is 0.353 e. The van der Waals surface area contributed by atoms with E-state index >= 15 is 0 Å². The summed E-state index contributed by atoms with van der Waals surface area (Å²) in [6, 6.07) is 0.388. The van der Waals surface area contributed by atoms with E-state index in [0.717, 1.165) is 53.5 Å². The smallest absolute Gasteiger partial charge is 0.241 e. The van der Waals surface area contributed by atoms with Gasteiger partial charge in [0.05, 0.1) is 4.90 Å². The lowest BCUT2D eigenvalue weighted by molar-refractivity contribution is -0.121. The molecule has 1 aromatic rings. The molecule has 0 aliphatic heterocycles. The quantitative estimate of drug-likeness (QED) is 0.644. The average molecular weight is 432 g/mol. The van der Waals surface area contributed by atoms with Crippen LogP contribution in [-0.4, -0.2) is 33.0 Å². The molecule has 4 N–H and O–H groups in total. The van der Waals surface area contributed by atoms with Crippen LogP contribution >= 0.6 is 12.4 Å². The van der Waals surface area contributed by atoms with Crippen molar-refractivity contribution < 1.29 is 13.2 Å². The van der Waals surface area contributed by atoms with Gasteiger partial charge < -0.3 is 11.1 Å². The predicted octanol–water partition coefficient (Wildman–Crippen LogP) is 2.71. The van der Waals surface area contributed by atoms with Gasteiger partial charge in [0, 0.05) is 25.0 Å².